The minimum Gasteiger partial charge on any atom is -0.481 e. The summed E-state index contributed by atoms with van der Waals surface area (Å²) in [6.07, 6.45) is -0.606. The average molecular weight is 380 g/mol. The van der Waals surface area contributed by atoms with Crippen LogP contribution < -0.4 is 10.1 Å². The third kappa shape index (κ3) is 5.38. The van der Waals surface area contributed by atoms with Gasteiger partial charge in [0.25, 0.3) is 5.91 Å². The number of rotatable bonds is 6. The van der Waals surface area contributed by atoms with Crippen LogP contribution in [0.15, 0.2) is 36.4 Å². The van der Waals surface area contributed by atoms with Crippen molar-refractivity contribution in [2.45, 2.75) is 46.3 Å². The van der Waals surface area contributed by atoms with E-state index in [0.29, 0.717) is 22.5 Å². The van der Waals surface area contributed by atoms with Gasteiger partial charge >= 0.3 is 0 Å². The Bertz CT molecular complexity index is 759. The number of benzene rings is 2. The van der Waals surface area contributed by atoms with Crippen molar-refractivity contribution in [2.24, 2.45) is 0 Å². The molecule has 0 bridgehead atoms. The molecule has 134 valence electrons. The van der Waals surface area contributed by atoms with Crippen LogP contribution in [-0.2, 0) is 11.3 Å². The summed E-state index contributed by atoms with van der Waals surface area (Å²) in [5.41, 5.74) is 3.00. The number of aryl methyl sites for hydroxylation is 1. The number of nitrogens with one attached hydrogen (secondary N) is 1. The van der Waals surface area contributed by atoms with Gasteiger partial charge in [0, 0.05) is 16.6 Å². The molecule has 0 aromatic heterocycles. The van der Waals surface area contributed by atoms with Gasteiger partial charge in [-0.3, -0.25) is 4.79 Å². The average Bonchev–Trinajstić information content (AvgIpc) is 2.53. The summed E-state index contributed by atoms with van der Waals surface area (Å²) >= 11 is 12.0. The van der Waals surface area contributed by atoms with Crippen LogP contribution in [0.5, 0.6) is 5.75 Å². The molecule has 0 spiro atoms. The third-order valence-electron chi connectivity index (χ3n) is 3.93. The molecule has 0 saturated carbocycles. The van der Waals surface area contributed by atoms with E-state index < -0.39 is 6.10 Å². The molecule has 2 rings (SSSR count). The summed E-state index contributed by atoms with van der Waals surface area (Å²) in [6, 6.07) is 11.3. The van der Waals surface area contributed by atoms with E-state index in [4.69, 9.17) is 27.9 Å². The molecule has 0 aliphatic rings. The summed E-state index contributed by atoms with van der Waals surface area (Å²) in [4.78, 5) is 12.4. The van der Waals surface area contributed by atoms with Crippen LogP contribution in [-0.4, -0.2) is 12.0 Å². The summed E-state index contributed by atoms with van der Waals surface area (Å²) in [5.74, 6) is 0.878. The topological polar surface area (TPSA) is 38.3 Å². The first-order chi connectivity index (χ1) is 11.8. The minimum absolute atomic E-state index is 0.192. The monoisotopic (exact) mass is 379 g/mol. The Labute approximate surface area is 159 Å². The van der Waals surface area contributed by atoms with Crippen molar-refractivity contribution in [3.8, 4) is 5.75 Å². The fourth-order valence-electron chi connectivity index (χ4n) is 2.46. The Hall–Kier alpha value is -1.71. The number of carbonyl (C=O) groups is 1. The quantitative estimate of drug-likeness (QED) is 0.718. The second-order valence-electron chi connectivity index (χ2n) is 6.41. The highest BCUT2D eigenvalue weighted by molar-refractivity contribution is 6.35. The Morgan fingerprint density at radius 1 is 1.12 bits per heavy atom. The van der Waals surface area contributed by atoms with Crippen LogP contribution in [0.4, 0.5) is 0 Å². The van der Waals surface area contributed by atoms with Crippen LogP contribution in [0.2, 0.25) is 10.0 Å². The molecule has 1 atom stereocenters. The molecule has 1 unspecified atom stereocenters. The molecule has 1 N–H and O–H groups in total. The van der Waals surface area contributed by atoms with E-state index in [-0.39, 0.29) is 5.91 Å². The van der Waals surface area contributed by atoms with Gasteiger partial charge in [-0.1, -0.05) is 55.2 Å². The maximum absolute atomic E-state index is 12.4. The van der Waals surface area contributed by atoms with Crippen molar-refractivity contribution >= 4 is 29.1 Å². The minimum atomic E-state index is -0.606. The van der Waals surface area contributed by atoms with E-state index in [0.717, 1.165) is 22.4 Å². The van der Waals surface area contributed by atoms with Crippen molar-refractivity contribution < 1.29 is 9.53 Å². The lowest BCUT2D eigenvalue weighted by Gasteiger charge is -2.19. The summed E-state index contributed by atoms with van der Waals surface area (Å²) in [6.45, 7) is 8.28. The SMILES string of the molecule is Cc1ccc(C(C)C)c(OC(C)C(=O)NCc2ccc(Cl)cc2Cl)c1. The molecule has 3 nitrogen and oxygen atoms in total. The van der Waals surface area contributed by atoms with Crippen LogP contribution >= 0.6 is 23.2 Å². The van der Waals surface area contributed by atoms with E-state index in [9.17, 15) is 4.79 Å². The van der Waals surface area contributed by atoms with Crippen molar-refractivity contribution in [2.75, 3.05) is 0 Å². The molecule has 0 heterocycles. The van der Waals surface area contributed by atoms with Crippen LogP contribution in [0, 0.1) is 6.92 Å². The lowest BCUT2D eigenvalue weighted by Crippen LogP contribution is -2.36. The molecule has 5 heteroatoms. The second-order valence-corrected chi connectivity index (χ2v) is 7.25. The Morgan fingerprint density at radius 2 is 1.84 bits per heavy atom. The summed E-state index contributed by atoms with van der Waals surface area (Å²) < 4.78 is 5.92. The molecule has 2 aromatic carbocycles. The summed E-state index contributed by atoms with van der Waals surface area (Å²) in [7, 11) is 0. The third-order valence-corrected chi connectivity index (χ3v) is 4.52. The Kier molecular flexibility index (Phi) is 6.74. The molecular formula is C20H23Cl2NO2. The first-order valence-electron chi connectivity index (χ1n) is 8.26. The first-order valence-corrected chi connectivity index (χ1v) is 9.02. The van der Waals surface area contributed by atoms with E-state index >= 15 is 0 Å². The molecular weight excluding hydrogens is 357 g/mol. The van der Waals surface area contributed by atoms with Crippen LogP contribution in [0.1, 0.15) is 43.4 Å². The van der Waals surface area contributed by atoms with Crippen LogP contribution in [0.3, 0.4) is 0 Å². The van der Waals surface area contributed by atoms with Crippen molar-refractivity contribution in [1.82, 2.24) is 5.32 Å². The predicted molar refractivity (Wildman–Crippen MR) is 104 cm³/mol. The van der Waals surface area contributed by atoms with E-state index in [1.54, 1.807) is 25.1 Å². The van der Waals surface area contributed by atoms with Gasteiger partial charge in [0.1, 0.15) is 5.75 Å². The fourth-order valence-corrected chi connectivity index (χ4v) is 2.93. The standard InChI is InChI=1S/C20H23Cl2NO2/c1-12(2)17-8-5-13(3)9-19(17)25-14(4)20(24)23-11-15-6-7-16(21)10-18(15)22/h5-10,12,14H,11H2,1-4H3,(H,23,24). The molecule has 0 aliphatic carbocycles. The zero-order valence-electron chi connectivity index (χ0n) is 14.9. The smallest absolute Gasteiger partial charge is 0.261 e. The van der Waals surface area contributed by atoms with Gasteiger partial charge in [0.05, 0.1) is 0 Å². The molecule has 0 aliphatic heterocycles. The Morgan fingerprint density at radius 3 is 2.48 bits per heavy atom. The van der Waals surface area contributed by atoms with Gasteiger partial charge in [0.15, 0.2) is 6.10 Å². The van der Waals surface area contributed by atoms with E-state index in [1.165, 1.54) is 0 Å². The van der Waals surface area contributed by atoms with Crippen molar-refractivity contribution in [3.63, 3.8) is 0 Å². The number of carbonyl (C=O) groups excluding carboxylic acids is 1. The molecule has 2 aromatic rings. The molecule has 1 amide bonds. The van der Waals surface area contributed by atoms with Crippen molar-refractivity contribution in [3.05, 3.63) is 63.1 Å². The van der Waals surface area contributed by atoms with Gasteiger partial charge in [-0.15, -0.1) is 0 Å². The maximum atomic E-state index is 12.4. The van der Waals surface area contributed by atoms with Gasteiger partial charge < -0.3 is 10.1 Å². The van der Waals surface area contributed by atoms with Crippen LogP contribution in [0.25, 0.3) is 0 Å². The number of hydrogen-bond acceptors (Lipinski definition) is 2. The van der Waals surface area contributed by atoms with Gasteiger partial charge in [-0.2, -0.15) is 0 Å². The maximum Gasteiger partial charge on any atom is 0.261 e. The fraction of sp³-hybridized carbons (Fsp3) is 0.350. The molecule has 0 saturated heterocycles. The highest BCUT2D eigenvalue weighted by atomic mass is 35.5. The van der Waals surface area contributed by atoms with E-state index in [1.807, 2.05) is 19.1 Å². The normalized spacial score (nSPS) is 12.1. The van der Waals surface area contributed by atoms with Crippen molar-refractivity contribution in [1.29, 1.82) is 0 Å². The number of ether oxygens (including phenoxy) is 1. The number of amides is 1. The highest BCUT2D eigenvalue weighted by Gasteiger charge is 2.17. The Balaban J connectivity index is 2.02. The van der Waals surface area contributed by atoms with E-state index in [2.05, 4.69) is 25.2 Å². The van der Waals surface area contributed by atoms with Gasteiger partial charge in [-0.05, 0) is 54.7 Å². The molecule has 0 radical (unpaired) electrons. The lowest BCUT2D eigenvalue weighted by molar-refractivity contribution is -0.127. The first kappa shape index (κ1) is 19.6. The second kappa shape index (κ2) is 8.59. The molecule has 0 fully saturated rings. The largest absolute Gasteiger partial charge is 0.481 e. The number of hydrogen-bond donors (Lipinski definition) is 1. The zero-order chi connectivity index (χ0) is 18.6. The lowest BCUT2D eigenvalue weighted by atomic mass is 10.0. The molecule has 25 heavy (non-hydrogen) atoms. The predicted octanol–water partition coefficient (Wildman–Crippen LogP) is 5.51. The highest BCUT2D eigenvalue weighted by Crippen LogP contribution is 2.28. The number of halogens is 2. The zero-order valence-corrected chi connectivity index (χ0v) is 16.4. The van der Waals surface area contributed by atoms with Gasteiger partial charge in [-0.25, -0.2) is 0 Å². The summed E-state index contributed by atoms with van der Waals surface area (Å²) in [5, 5.41) is 3.95. The van der Waals surface area contributed by atoms with Gasteiger partial charge in [0.2, 0.25) is 0 Å².